The number of rotatable bonds is 10. The van der Waals surface area contributed by atoms with Crippen molar-refractivity contribution in [3.05, 3.63) is 53.6 Å². The van der Waals surface area contributed by atoms with Crippen molar-refractivity contribution in [1.29, 1.82) is 0 Å². The predicted octanol–water partition coefficient (Wildman–Crippen LogP) is 5.72. The van der Waals surface area contributed by atoms with E-state index in [9.17, 15) is 9.59 Å². The van der Waals surface area contributed by atoms with E-state index in [0.717, 1.165) is 43.2 Å². The molecular weight excluding hydrogens is 508 g/mol. The minimum atomic E-state index is -0.915. The van der Waals surface area contributed by atoms with Gasteiger partial charge in [0.05, 0.1) is 25.7 Å². The average Bonchev–Trinajstić information content (AvgIpc) is 3.30. The highest BCUT2D eigenvalue weighted by Crippen LogP contribution is 2.44. The molecule has 2 heterocycles. The third-order valence-electron chi connectivity index (χ3n) is 8.68. The van der Waals surface area contributed by atoms with Gasteiger partial charge in [-0.2, -0.15) is 0 Å². The van der Waals surface area contributed by atoms with Gasteiger partial charge in [0, 0.05) is 49.2 Å². The molecule has 1 saturated heterocycles. The smallest absolute Gasteiger partial charge is 0.305 e. The van der Waals surface area contributed by atoms with E-state index in [1.165, 1.54) is 42.6 Å². The van der Waals surface area contributed by atoms with E-state index < -0.39 is 5.97 Å². The van der Waals surface area contributed by atoms with Crippen molar-refractivity contribution >= 4 is 17.6 Å². The molecule has 5 rings (SSSR count). The van der Waals surface area contributed by atoms with Crippen molar-refractivity contribution in [3.63, 3.8) is 0 Å². The van der Waals surface area contributed by atoms with Gasteiger partial charge < -0.3 is 29.5 Å². The Morgan fingerprint density at radius 3 is 2.48 bits per heavy atom. The summed E-state index contributed by atoms with van der Waals surface area (Å²) < 4.78 is 18.4. The van der Waals surface area contributed by atoms with Crippen LogP contribution in [0.1, 0.15) is 80.1 Å². The van der Waals surface area contributed by atoms with Gasteiger partial charge in [-0.05, 0) is 61.2 Å². The molecule has 3 unspecified atom stereocenters. The van der Waals surface area contributed by atoms with Gasteiger partial charge in [-0.15, -0.1) is 0 Å². The number of fused-ring (bicyclic) bond motifs is 1. The fraction of sp³-hybridized carbons (Fsp3) is 0.562. The van der Waals surface area contributed by atoms with Crippen LogP contribution in [0.4, 0.5) is 5.69 Å². The molecular formula is C32H42N2O6. The summed E-state index contributed by atoms with van der Waals surface area (Å²) in [4.78, 5) is 25.1. The minimum Gasteiger partial charge on any atom is -0.490 e. The summed E-state index contributed by atoms with van der Waals surface area (Å²) in [5, 5.41) is 12.7. The first-order valence-electron chi connectivity index (χ1n) is 14.8. The number of amides is 1. The lowest BCUT2D eigenvalue weighted by molar-refractivity contribution is -0.137. The number of nitrogens with one attached hydrogen (secondary N) is 1. The van der Waals surface area contributed by atoms with Crippen molar-refractivity contribution in [2.45, 2.75) is 82.5 Å². The van der Waals surface area contributed by atoms with Crippen LogP contribution in [0.15, 0.2) is 42.5 Å². The predicted molar refractivity (Wildman–Crippen MR) is 153 cm³/mol. The van der Waals surface area contributed by atoms with Crippen LogP contribution < -0.4 is 14.8 Å². The van der Waals surface area contributed by atoms with Crippen LogP contribution in [0.5, 0.6) is 11.5 Å². The molecule has 216 valence electrons. The van der Waals surface area contributed by atoms with Crippen LogP contribution in [0, 0.1) is 5.92 Å². The summed E-state index contributed by atoms with van der Waals surface area (Å²) in [5.41, 5.74) is 2.70. The number of benzene rings is 2. The summed E-state index contributed by atoms with van der Waals surface area (Å²) in [6.07, 6.45) is 8.04. The van der Waals surface area contributed by atoms with E-state index >= 15 is 0 Å². The number of carbonyl (C=O) groups excluding carboxylic acids is 1. The molecule has 8 nitrogen and oxygen atoms in total. The van der Waals surface area contributed by atoms with Gasteiger partial charge in [-0.1, -0.05) is 26.2 Å². The molecule has 1 saturated carbocycles. The third kappa shape index (κ3) is 6.72. The number of hydrogen-bond donors (Lipinski definition) is 2. The van der Waals surface area contributed by atoms with Crippen molar-refractivity contribution in [2.24, 2.45) is 5.92 Å². The van der Waals surface area contributed by atoms with Gasteiger partial charge in [0.2, 0.25) is 0 Å². The molecule has 8 heteroatoms. The highest BCUT2D eigenvalue weighted by atomic mass is 16.5. The molecule has 0 bridgehead atoms. The highest BCUT2D eigenvalue weighted by molar-refractivity contribution is 5.94. The number of nitrogens with zero attached hydrogens (tertiary/aromatic N) is 1. The normalized spacial score (nSPS) is 22.1. The topological polar surface area (TPSA) is 97.3 Å². The second kappa shape index (κ2) is 12.9. The maximum atomic E-state index is 12.7. The van der Waals surface area contributed by atoms with Gasteiger partial charge in [0.25, 0.3) is 5.91 Å². The van der Waals surface area contributed by atoms with Crippen LogP contribution in [-0.4, -0.2) is 66.9 Å². The average molecular weight is 551 g/mol. The largest absolute Gasteiger partial charge is 0.490 e. The van der Waals surface area contributed by atoms with Gasteiger partial charge in [0.15, 0.2) is 0 Å². The molecule has 2 fully saturated rings. The molecule has 2 aromatic carbocycles. The Hall–Kier alpha value is -3.26. The molecule has 3 aliphatic rings. The molecule has 0 spiro atoms. The minimum absolute atomic E-state index is 0.0140. The molecule has 40 heavy (non-hydrogen) atoms. The first-order valence-corrected chi connectivity index (χ1v) is 14.8. The van der Waals surface area contributed by atoms with Crippen LogP contribution in [0.25, 0.3) is 0 Å². The SMILES string of the molecule is CC1c2cc(OC3CCOCC3)ccc2OC1C(Nc1ccc(C(=O)N(C)CCC(=O)O)cc1)C1CCCCC1. The third-order valence-corrected chi connectivity index (χ3v) is 8.68. The van der Waals surface area contributed by atoms with Crippen LogP contribution in [-0.2, 0) is 9.53 Å². The van der Waals surface area contributed by atoms with Crippen molar-refractivity contribution < 1.29 is 28.9 Å². The van der Waals surface area contributed by atoms with E-state index in [-0.39, 0.29) is 43.0 Å². The number of hydrogen-bond acceptors (Lipinski definition) is 6. The standard InChI is InChI=1S/C32H42N2O6/c1-21-27-20-26(39-25-15-18-38-19-16-25)12-13-28(27)40-31(21)30(22-6-4-3-5-7-22)33-24-10-8-23(9-11-24)32(37)34(2)17-14-29(35)36/h8-13,20-22,25,30-31,33H,3-7,14-19H2,1-2H3,(H,35,36). The summed E-state index contributed by atoms with van der Waals surface area (Å²) in [5.74, 6) is 1.44. The lowest BCUT2D eigenvalue weighted by Crippen LogP contribution is -2.44. The van der Waals surface area contributed by atoms with Gasteiger partial charge >= 0.3 is 5.97 Å². The molecule has 1 aliphatic carbocycles. The molecule has 0 radical (unpaired) electrons. The zero-order valence-electron chi connectivity index (χ0n) is 23.6. The molecule has 0 aromatic heterocycles. The summed E-state index contributed by atoms with van der Waals surface area (Å²) in [6, 6.07) is 13.9. The van der Waals surface area contributed by atoms with Crippen molar-refractivity contribution in [1.82, 2.24) is 4.90 Å². The summed E-state index contributed by atoms with van der Waals surface area (Å²) >= 11 is 0. The summed E-state index contributed by atoms with van der Waals surface area (Å²) in [7, 11) is 1.63. The highest BCUT2D eigenvalue weighted by Gasteiger charge is 2.41. The second-order valence-electron chi connectivity index (χ2n) is 11.5. The van der Waals surface area contributed by atoms with Crippen molar-refractivity contribution in [3.8, 4) is 11.5 Å². The fourth-order valence-electron chi connectivity index (χ4n) is 6.31. The Labute approximate surface area is 237 Å². The second-order valence-corrected chi connectivity index (χ2v) is 11.5. The van der Waals surface area contributed by atoms with Gasteiger partial charge in [-0.3, -0.25) is 9.59 Å². The first-order chi connectivity index (χ1) is 19.4. The van der Waals surface area contributed by atoms with Crippen LogP contribution >= 0.6 is 0 Å². The quantitative estimate of drug-likeness (QED) is 0.391. The maximum absolute atomic E-state index is 12.7. The van der Waals surface area contributed by atoms with Crippen LogP contribution in [0.3, 0.4) is 0 Å². The lowest BCUT2D eigenvalue weighted by Gasteiger charge is -2.36. The maximum Gasteiger partial charge on any atom is 0.305 e. The molecule has 2 aliphatic heterocycles. The number of carboxylic acids is 1. The Kier molecular flexibility index (Phi) is 9.15. The fourth-order valence-corrected chi connectivity index (χ4v) is 6.31. The van der Waals surface area contributed by atoms with Crippen molar-refractivity contribution in [2.75, 3.05) is 32.1 Å². The zero-order chi connectivity index (χ0) is 28.1. The monoisotopic (exact) mass is 550 g/mol. The number of anilines is 1. The Morgan fingerprint density at radius 1 is 1.05 bits per heavy atom. The molecule has 3 atom stereocenters. The Morgan fingerprint density at radius 2 is 1.77 bits per heavy atom. The van der Waals surface area contributed by atoms with Gasteiger partial charge in [-0.25, -0.2) is 0 Å². The molecule has 1 amide bonds. The molecule has 2 N–H and O–H groups in total. The van der Waals surface area contributed by atoms with Gasteiger partial charge in [0.1, 0.15) is 23.7 Å². The lowest BCUT2D eigenvalue weighted by atomic mass is 9.78. The summed E-state index contributed by atoms with van der Waals surface area (Å²) in [6.45, 7) is 3.93. The first kappa shape index (κ1) is 28.3. The van der Waals surface area contributed by atoms with E-state index in [1.807, 2.05) is 30.3 Å². The Balaban J connectivity index is 1.29. The number of carbonyl (C=O) groups is 2. The van der Waals surface area contributed by atoms with Crippen LogP contribution in [0.2, 0.25) is 0 Å². The number of ether oxygens (including phenoxy) is 3. The van der Waals surface area contributed by atoms with E-state index in [1.54, 1.807) is 7.05 Å². The van der Waals surface area contributed by atoms with E-state index in [2.05, 4.69) is 24.4 Å². The number of aliphatic carboxylic acids is 1. The zero-order valence-corrected chi connectivity index (χ0v) is 23.6. The van der Waals surface area contributed by atoms with E-state index in [4.69, 9.17) is 19.3 Å². The Bertz CT molecular complexity index is 1160. The van der Waals surface area contributed by atoms with E-state index in [0.29, 0.717) is 11.5 Å². The molecule has 2 aromatic rings. The number of carboxylic acid groups (broad SMARTS) is 1.